The highest BCUT2D eigenvalue weighted by Crippen LogP contribution is 2.43. The van der Waals surface area contributed by atoms with Crippen molar-refractivity contribution in [2.75, 3.05) is 33.9 Å². The van der Waals surface area contributed by atoms with Crippen LogP contribution in [0.15, 0.2) is 4.99 Å². The summed E-state index contributed by atoms with van der Waals surface area (Å²) in [6.07, 6.45) is 7.01. The van der Waals surface area contributed by atoms with Crippen LogP contribution in [0.3, 0.4) is 0 Å². The summed E-state index contributed by atoms with van der Waals surface area (Å²) in [6, 6.07) is 0. The van der Waals surface area contributed by atoms with Crippen LogP contribution in [0.5, 0.6) is 0 Å². The lowest BCUT2D eigenvalue weighted by Gasteiger charge is -2.42. The molecule has 0 amide bonds. The molecule has 1 saturated carbocycles. The van der Waals surface area contributed by atoms with Crippen LogP contribution in [0.25, 0.3) is 0 Å². The molecule has 0 saturated heterocycles. The van der Waals surface area contributed by atoms with Crippen molar-refractivity contribution in [1.82, 2.24) is 15.6 Å². The minimum absolute atomic E-state index is 0.399. The summed E-state index contributed by atoms with van der Waals surface area (Å²) >= 11 is 1.81. The molecule has 24 heavy (non-hydrogen) atoms. The number of rotatable bonds is 9. The quantitative estimate of drug-likeness (QED) is 0.530. The molecule has 1 aliphatic rings. The molecule has 2 N–H and O–H groups in total. The Bertz CT molecular complexity index is 537. The average molecular weight is 353 g/mol. The van der Waals surface area contributed by atoms with Gasteiger partial charge in [-0.1, -0.05) is 13.3 Å². The average Bonchev–Trinajstić information content (AvgIpc) is 2.91. The van der Waals surface area contributed by atoms with Gasteiger partial charge in [0.1, 0.15) is 0 Å². The first-order valence-electron chi connectivity index (χ1n) is 9.01. The molecule has 0 aromatic carbocycles. The minimum atomic E-state index is 0.399. The summed E-state index contributed by atoms with van der Waals surface area (Å²) < 4.78 is 5.26. The third kappa shape index (κ3) is 5.18. The third-order valence-corrected chi connectivity index (χ3v) is 6.08. The standard InChI is InChI=1S/C18H32N4OS/c1-5-15-14(2)24-16(22-15)7-11-20-17(19-3)21-13-18(8-6-9-18)10-12-23-4/h5-13H2,1-4H3,(H2,19,20,21). The number of hydrogen-bond acceptors (Lipinski definition) is 4. The molecule has 2 rings (SSSR count). The normalized spacial score (nSPS) is 16.8. The van der Waals surface area contributed by atoms with Crippen molar-refractivity contribution in [3.05, 3.63) is 15.6 Å². The first-order chi connectivity index (χ1) is 11.6. The van der Waals surface area contributed by atoms with Crippen LogP contribution in [0.4, 0.5) is 0 Å². The van der Waals surface area contributed by atoms with Gasteiger partial charge >= 0.3 is 0 Å². The molecule has 0 aliphatic heterocycles. The first-order valence-corrected chi connectivity index (χ1v) is 9.83. The largest absolute Gasteiger partial charge is 0.385 e. The molecule has 0 spiro atoms. The first kappa shape index (κ1) is 19.2. The summed E-state index contributed by atoms with van der Waals surface area (Å²) in [5.74, 6) is 0.891. The van der Waals surface area contributed by atoms with Crippen molar-refractivity contribution >= 4 is 17.3 Å². The summed E-state index contributed by atoms with van der Waals surface area (Å²) in [6.45, 7) is 7.01. The number of aliphatic imine (C=N–C) groups is 1. The fraction of sp³-hybridized carbons (Fsp3) is 0.778. The highest BCUT2D eigenvalue weighted by Gasteiger charge is 2.36. The Labute approximate surface area is 150 Å². The number of guanidine groups is 1. The molecular formula is C18H32N4OS. The molecule has 6 heteroatoms. The van der Waals surface area contributed by atoms with Crippen LogP contribution >= 0.6 is 11.3 Å². The monoisotopic (exact) mass is 352 g/mol. The molecule has 0 unspecified atom stereocenters. The van der Waals surface area contributed by atoms with Gasteiger partial charge in [-0.2, -0.15) is 0 Å². The smallest absolute Gasteiger partial charge is 0.191 e. The number of thiazole rings is 1. The summed E-state index contributed by atoms with van der Waals surface area (Å²) in [5.41, 5.74) is 1.64. The van der Waals surface area contributed by atoms with Crippen molar-refractivity contribution in [3.63, 3.8) is 0 Å². The maximum atomic E-state index is 5.26. The van der Waals surface area contributed by atoms with E-state index in [2.05, 4.69) is 29.5 Å². The minimum Gasteiger partial charge on any atom is -0.385 e. The van der Waals surface area contributed by atoms with Gasteiger partial charge in [0.05, 0.1) is 10.7 Å². The van der Waals surface area contributed by atoms with Crippen LogP contribution in [-0.4, -0.2) is 44.8 Å². The van der Waals surface area contributed by atoms with Gasteiger partial charge in [0.15, 0.2) is 5.96 Å². The van der Waals surface area contributed by atoms with Crippen LogP contribution in [-0.2, 0) is 17.6 Å². The Hall–Kier alpha value is -1.14. The number of nitrogens with zero attached hydrogens (tertiary/aromatic N) is 2. The predicted molar refractivity (Wildman–Crippen MR) is 102 cm³/mol. The van der Waals surface area contributed by atoms with E-state index < -0.39 is 0 Å². The summed E-state index contributed by atoms with van der Waals surface area (Å²) in [5, 5.41) is 8.13. The van der Waals surface area contributed by atoms with Gasteiger partial charge in [-0.15, -0.1) is 11.3 Å². The Morgan fingerprint density at radius 2 is 2.17 bits per heavy atom. The molecule has 0 bridgehead atoms. The van der Waals surface area contributed by atoms with Crippen LogP contribution in [0, 0.1) is 12.3 Å². The van der Waals surface area contributed by atoms with Crippen molar-refractivity contribution in [1.29, 1.82) is 0 Å². The number of hydrogen-bond donors (Lipinski definition) is 2. The molecule has 1 fully saturated rings. The second-order valence-electron chi connectivity index (χ2n) is 6.66. The number of ether oxygens (including phenoxy) is 1. The van der Waals surface area contributed by atoms with E-state index in [0.29, 0.717) is 5.41 Å². The Morgan fingerprint density at radius 1 is 1.38 bits per heavy atom. The number of methoxy groups -OCH3 is 1. The molecule has 0 radical (unpaired) electrons. The van der Waals surface area contributed by atoms with E-state index in [4.69, 9.17) is 9.72 Å². The molecule has 1 heterocycles. The summed E-state index contributed by atoms with van der Waals surface area (Å²) in [7, 11) is 3.62. The lowest BCUT2D eigenvalue weighted by atomic mass is 9.67. The molecule has 1 aliphatic carbocycles. The van der Waals surface area contributed by atoms with Crippen molar-refractivity contribution in [2.45, 2.75) is 52.4 Å². The fourth-order valence-electron chi connectivity index (χ4n) is 3.21. The van der Waals surface area contributed by atoms with E-state index in [1.807, 2.05) is 18.4 Å². The van der Waals surface area contributed by atoms with E-state index in [-0.39, 0.29) is 0 Å². The van der Waals surface area contributed by atoms with Gasteiger partial charge in [0, 0.05) is 45.2 Å². The van der Waals surface area contributed by atoms with Crippen molar-refractivity contribution in [3.8, 4) is 0 Å². The number of aryl methyl sites for hydroxylation is 2. The van der Waals surface area contributed by atoms with Gasteiger partial charge in [-0.3, -0.25) is 4.99 Å². The van der Waals surface area contributed by atoms with Gasteiger partial charge < -0.3 is 15.4 Å². The maximum Gasteiger partial charge on any atom is 0.191 e. The number of aromatic nitrogens is 1. The fourth-order valence-corrected chi connectivity index (χ4v) is 4.23. The van der Waals surface area contributed by atoms with Gasteiger partial charge in [-0.05, 0) is 38.0 Å². The highest BCUT2D eigenvalue weighted by atomic mass is 32.1. The van der Waals surface area contributed by atoms with Gasteiger partial charge in [0.2, 0.25) is 0 Å². The molecular weight excluding hydrogens is 320 g/mol. The van der Waals surface area contributed by atoms with Crippen LogP contribution in [0.1, 0.15) is 48.2 Å². The highest BCUT2D eigenvalue weighted by molar-refractivity contribution is 7.11. The van der Waals surface area contributed by atoms with E-state index in [1.54, 1.807) is 7.11 Å². The molecule has 5 nitrogen and oxygen atoms in total. The van der Waals surface area contributed by atoms with Crippen LogP contribution in [0.2, 0.25) is 0 Å². The Balaban J connectivity index is 1.74. The van der Waals surface area contributed by atoms with Crippen LogP contribution < -0.4 is 10.6 Å². The topological polar surface area (TPSA) is 58.5 Å². The van der Waals surface area contributed by atoms with Crippen molar-refractivity contribution < 1.29 is 4.74 Å². The van der Waals surface area contributed by atoms with Gasteiger partial charge in [-0.25, -0.2) is 4.98 Å². The van der Waals surface area contributed by atoms with Gasteiger partial charge in [0.25, 0.3) is 0 Å². The maximum absolute atomic E-state index is 5.26. The molecule has 0 atom stereocenters. The second-order valence-corrected chi connectivity index (χ2v) is 7.95. The Kier molecular flexibility index (Phi) is 7.49. The number of nitrogens with one attached hydrogen (secondary N) is 2. The zero-order valence-electron chi connectivity index (χ0n) is 15.6. The molecule has 136 valence electrons. The lowest BCUT2D eigenvalue weighted by Crippen LogP contribution is -2.47. The zero-order chi connectivity index (χ0) is 17.4. The molecule has 1 aromatic rings. The van der Waals surface area contributed by atoms with Crippen molar-refractivity contribution in [2.24, 2.45) is 10.4 Å². The third-order valence-electron chi connectivity index (χ3n) is 5.01. The predicted octanol–water partition coefficient (Wildman–Crippen LogP) is 2.93. The van der Waals surface area contributed by atoms with E-state index >= 15 is 0 Å². The Morgan fingerprint density at radius 3 is 2.71 bits per heavy atom. The summed E-state index contributed by atoms with van der Waals surface area (Å²) in [4.78, 5) is 10.4. The lowest BCUT2D eigenvalue weighted by molar-refractivity contribution is 0.0732. The van der Waals surface area contributed by atoms with E-state index in [1.165, 1.54) is 34.8 Å². The second kappa shape index (κ2) is 9.37. The SMILES string of the molecule is CCc1nc(CCNC(=NC)NCC2(CCOC)CCC2)sc1C. The van der Waals surface area contributed by atoms with E-state index in [9.17, 15) is 0 Å². The zero-order valence-corrected chi connectivity index (χ0v) is 16.4. The molecule has 1 aromatic heterocycles. The van der Waals surface area contributed by atoms with E-state index in [0.717, 1.165) is 44.9 Å².